The Morgan fingerprint density at radius 3 is 2.09 bits per heavy atom. The first-order valence-corrected chi connectivity index (χ1v) is 11.4. The van der Waals surface area contributed by atoms with Crippen LogP contribution in [0.25, 0.3) is 11.1 Å². The van der Waals surface area contributed by atoms with E-state index >= 15 is 0 Å². The van der Waals surface area contributed by atoms with Crippen LogP contribution in [0.5, 0.6) is 0 Å². The number of aliphatic carboxylic acids is 1. The Kier molecular flexibility index (Phi) is 6.15. The first-order valence-electron chi connectivity index (χ1n) is 11.4. The monoisotopic (exact) mass is 450 g/mol. The fraction of sp³-hybridized carbons (Fsp3) is 0.423. The summed E-state index contributed by atoms with van der Waals surface area (Å²) in [7, 11) is 0. The summed E-state index contributed by atoms with van der Waals surface area (Å²) in [6.45, 7) is 5.03. The number of hydrogen-bond donors (Lipinski definition) is 3. The Balaban J connectivity index is 1.43. The molecule has 4 rings (SSSR count). The van der Waals surface area contributed by atoms with Gasteiger partial charge in [0.25, 0.3) is 0 Å². The molecule has 2 aromatic rings. The van der Waals surface area contributed by atoms with Gasteiger partial charge in [-0.2, -0.15) is 0 Å². The van der Waals surface area contributed by atoms with Crippen molar-refractivity contribution in [3.8, 4) is 11.1 Å². The van der Waals surface area contributed by atoms with E-state index in [-0.39, 0.29) is 24.3 Å². The molecule has 0 aliphatic heterocycles. The van der Waals surface area contributed by atoms with E-state index < -0.39 is 29.6 Å². The van der Waals surface area contributed by atoms with Gasteiger partial charge in [-0.15, -0.1) is 0 Å². The largest absolute Gasteiger partial charge is 0.481 e. The molecule has 0 bridgehead atoms. The number of nitrogens with one attached hydrogen (secondary N) is 2. The van der Waals surface area contributed by atoms with E-state index in [1.807, 2.05) is 36.4 Å². The molecule has 3 unspecified atom stereocenters. The molecule has 3 atom stereocenters. The van der Waals surface area contributed by atoms with Crippen LogP contribution in [0, 0.1) is 11.8 Å². The van der Waals surface area contributed by atoms with E-state index in [0.29, 0.717) is 0 Å². The van der Waals surface area contributed by atoms with Gasteiger partial charge in [-0.05, 0) is 61.8 Å². The topological polar surface area (TPSA) is 105 Å². The normalized spacial score (nSPS) is 18.3. The lowest BCUT2D eigenvalue weighted by Gasteiger charge is -2.31. The molecule has 174 valence electrons. The number of carboxylic acids is 1. The lowest BCUT2D eigenvalue weighted by molar-refractivity contribution is -0.142. The van der Waals surface area contributed by atoms with Crippen LogP contribution in [0.3, 0.4) is 0 Å². The minimum Gasteiger partial charge on any atom is -0.481 e. The minimum absolute atomic E-state index is 0.00897. The van der Waals surface area contributed by atoms with Gasteiger partial charge < -0.3 is 20.5 Å². The highest BCUT2D eigenvalue weighted by Crippen LogP contribution is 2.44. The molecule has 1 fully saturated rings. The summed E-state index contributed by atoms with van der Waals surface area (Å²) >= 11 is 0. The van der Waals surface area contributed by atoms with Gasteiger partial charge in [0.15, 0.2) is 0 Å². The molecule has 0 heterocycles. The number of amides is 2. The number of carbonyl (C=O) groups excluding carboxylic acids is 2. The summed E-state index contributed by atoms with van der Waals surface area (Å²) < 4.78 is 5.63. The maximum Gasteiger partial charge on any atom is 0.408 e. The Bertz CT molecular complexity index is 1030. The third kappa shape index (κ3) is 4.45. The standard InChI is InChI=1S/C26H30N2O5/c1-15(23(29)30)16(2)27-24(31)26(3,17-12-13-17)28-25(32)33-14-22-20-10-6-4-8-18(20)19-9-5-7-11-21(19)22/h4-11,15-17,22H,12-14H2,1-3H3,(H,27,31)(H,28,32)(H,29,30). The zero-order valence-electron chi connectivity index (χ0n) is 19.1. The highest BCUT2D eigenvalue weighted by atomic mass is 16.5. The number of carbonyl (C=O) groups is 3. The Morgan fingerprint density at radius 2 is 1.58 bits per heavy atom. The number of carboxylic acid groups (broad SMARTS) is 1. The molecule has 0 saturated heterocycles. The molecular formula is C26H30N2O5. The van der Waals surface area contributed by atoms with Gasteiger partial charge >= 0.3 is 12.1 Å². The first-order chi connectivity index (χ1) is 15.7. The van der Waals surface area contributed by atoms with Crippen molar-refractivity contribution < 1.29 is 24.2 Å². The number of benzene rings is 2. The summed E-state index contributed by atoms with van der Waals surface area (Å²) in [5.74, 6) is -2.20. The lowest BCUT2D eigenvalue weighted by Crippen LogP contribution is -2.60. The van der Waals surface area contributed by atoms with Crippen molar-refractivity contribution in [3.63, 3.8) is 0 Å². The molecule has 0 aromatic heterocycles. The summed E-state index contributed by atoms with van der Waals surface area (Å²) in [6.07, 6.45) is 0.979. The van der Waals surface area contributed by atoms with E-state index in [1.165, 1.54) is 0 Å². The van der Waals surface area contributed by atoms with Crippen LogP contribution < -0.4 is 10.6 Å². The Labute approximate surface area is 193 Å². The highest BCUT2D eigenvalue weighted by molar-refractivity contribution is 5.91. The second-order valence-electron chi connectivity index (χ2n) is 9.32. The molecule has 0 spiro atoms. The van der Waals surface area contributed by atoms with E-state index in [4.69, 9.17) is 4.74 Å². The van der Waals surface area contributed by atoms with Crippen LogP contribution in [0.1, 0.15) is 50.7 Å². The van der Waals surface area contributed by atoms with Crippen LogP contribution >= 0.6 is 0 Å². The van der Waals surface area contributed by atoms with Crippen molar-refractivity contribution in [2.24, 2.45) is 11.8 Å². The molecule has 0 radical (unpaired) electrons. The predicted molar refractivity (Wildman–Crippen MR) is 124 cm³/mol. The summed E-state index contributed by atoms with van der Waals surface area (Å²) in [4.78, 5) is 37.1. The number of ether oxygens (including phenoxy) is 1. The fourth-order valence-corrected chi connectivity index (χ4v) is 4.55. The predicted octanol–water partition coefficient (Wildman–Crippen LogP) is 3.92. The van der Waals surface area contributed by atoms with Crippen LogP contribution in [0.2, 0.25) is 0 Å². The van der Waals surface area contributed by atoms with Crippen molar-refractivity contribution in [2.45, 2.75) is 51.1 Å². The van der Waals surface area contributed by atoms with Crippen LogP contribution in [-0.4, -0.2) is 41.3 Å². The van der Waals surface area contributed by atoms with Crippen molar-refractivity contribution in [2.75, 3.05) is 6.61 Å². The molecule has 2 aliphatic rings. The quantitative estimate of drug-likeness (QED) is 0.565. The minimum atomic E-state index is -1.16. The van der Waals surface area contributed by atoms with Gasteiger partial charge in [0.2, 0.25) is 5.91 Å². The van der Waals surface area contributed by atoms with Crippen LogP contribution in [0.4, 0.5) is 4.79 Å². The molecule has 2 aromatic carbocycles. The third-order valence-electron chi connectivity index (χ3n) is 7.07. The van der Waals surface area contributed by atoms with Crippen molar-refractivity contribution >= 4 is 18.0 Å². The van der Waals surface area contributed by atoms with Gasteiger partial charge in [0.05, 0.1) is 5.92 Å². The molecule has 7 nitrogen and oxygen atoms in total. The molecule has 3 N–H and O–H groups in total. The van der Waals surface area contributed by atoms with Crippen molar-refractivity contribution in [1.29, 1.82) is 0 Å². The summed E-state index contributed by atoms with van der Waals surface area (Å²) in [5, 5.41) is 14.7. The smallest absolute Gasteiger partial charge is 0.408 e. The zero-order valence-corrected chi connectivity index (χ0v) is 19.1. The summed E-state index contributed by atoms with van der Waals surface area (Å²) in [5.41, 5.74) is 3.36. The highest BCUT2D eigenvalue weighted by Gasteiger charge is 2.49. The average molecular weight is 451 g/mol. The summed E-state index contributed by atoms with van der Waals surface area (Å²) in [6, 6.07) is 15.6. The van der Waals surface area contributed by atoms with Gasteiger partial charge in [0, 0.05) is 12.0 Å². The maximum atomic E-state index is 13.0. The van der Waals surface area contributed by atoms with E-state index in [0.717, 1.165) is 35.1 Å². The first kappa shape index (κ1) is 22.8. The fourth-order valence-electron chi connectivity index (χ4n) is 4.55. The van der Waals surface area contributed by atoms with E-state index in [9.17, 15) is 19.5 Å². The number of hydrogen-bond acceptors (Lipinski definition) is 4. The Morgan fingerprint density at radius 1 is 1.03 bits per heavy atom. The van der Waals surface area contributed by atoms with E-state index in [2.05, 4.69) is 22.8 Å². The van der Waals surface area contributed by atoms with E-state index in [1.54, 1.807) is 20.8 Å². The SMILES string of the molecule is CC(NC(=O)C(C)(NC(=O)OCC1c2ccccc2-c2ccccc21)C1CC1)C(C)C(=O)O. The molecule has 2 amide bonds. The second kappa shape index (κ2) is 8.89. The van der Waals surface area contributed by atoms with Crippen molar-refractivity contribution in [1.82, 2.24) is 10.6 Å². The van der Waals surface area contributed by atoms with Crippen LogP contribution in [-0.2, 0) is 14.3 Å². The lowest BCUT2D eigenvalue weighted by atomic mass is 9.93. The van der Waals surface area contributed by atoms with Crippen LogP contribution in [0.15, 0.2) is 48.5 Å². The maximum absolute atomic E-state index is 13.0. The van der Waals surface area contributed by atoms with Gasteiger partial charge in [-0.25, -0.2) is 4.79 Å². The molecule has 2 aliphatic carbocycles. The average Bonchev–Trinajstić information content (AvgIpc) is 3.61. The molecular weight excluding hydrogens is 420 g/mol. The Hall–Kier alpha value is -3.35. The van der Waals surface area contributed by atoms with Gasteiger partial charge in [0.1, 0.15) is 12.1 Å². The van der Waals surface area contributed by atoms with Gasteiger partial charge in [-0.1, -0.05) is 48.5 Å². The molecule has 7 heteroatoms. The van der Waals surface area contributed by atoms with Crippen molar-refractivity contribution in [3.05, 3.63) is 59.7 Å². The third-order valence-corrected chi connectivity index (χ3v) is 7.07. The number of rotatable bonds is 8. The molecule has 1 saturated carbocycles. The second-order valence-corrected chi connectivity index (χ2v) is 9.32. The molecule has 33 heavy (non-hydrogen) atoms. The zero-order chi connectivity index (χ0) is 23.8. The van der Waals surface area contributed by atoms with Gasteiger partial charge in [-0.3, -0.25) is 9.59 Å². The number of fused-ring (bicyclic) bond motifs is 3. The number of alkyl carbamates (subject to hydrolysis) is 1.